The number of carbonyl (C=O) groups is 3. The lowest BCUT2D eigenvalue weighted by atomic mass is 9.97. The number of carboxylic acid groups (broad SMARTS) is 1. The van der Waals surface area contributed by atoms with Crippen LogP contribution in [0.3, 0.4) is 0 Å². The minimum Gasteiger partial charge on any atom is -0.480 e. The zero-order chi connectivity index (χ0) is 20.2. The Labute approximate surface area is 158 Å². The van der Waals surface area contributed by atoms with E-state index in [4.69, 9.17) is 22.1 Å². The molecule has 0 heterocycles. The van der Waals surface area contributed by atoms with Crippen molar-refractivity contribution in [2.75, 3.05) is 0 Å². The Hall–Kier alpha value is -2.28. The van der Waals surface area contributed by atoms with Crippen molar-refractivity contribution in [1.29, 1.82) is 0 Å². The van der Waals surface area contributed by atoms with Crippen molar-refractivity contribution in [2.45, 2.75) is 52.3 Å². The molecule has 2 amide bonds. The number of primary amides is 1. The lowest BCUT2D eigenvalue weighted by Gasteiger charge is -2.37. The fourth-order valence-electron chi connectivity index (χ4n) is 2.56. The standard InChI is InChI=1S/C18H25ClN2O5/c1-10(2)13(16(23)24)21(17(25)26-18(3,4)5)14(15(20)22)11-8-6-7-9-12(11)19/h6-10,13-14H,1-5H3,(H2,20,22)(H,23,24)/t13-,14?/m0/s1. The van der Waals surface area contributed by atoms with E-state index in [0.717, 1.165) is 4.90 Å². The number of hydrogen-bond acceptors (Lipinski definition) is 4. The molecule has 8 heteroatoms. The summed E-state index contributed by atoms with van der Waals surface area (Å²) in [5.41, 5.74) is 4.88. The number of nitrogens with zero attached hydrogens (tertiary/aromatic N) is 1. The molecule has 0 aliphatic heterocycles. The van der Waals surface area contributed by atoms with Crippen LogP contribution >= 0.6 is 11.6 Å². The number of aliphatic carboxylic acids is 1. The Kier molecular flexibility index (Phi) is 7.03. The second-order valence-electron chi connectivity index (χ2n) is 7.24. The van der Waals surface area contributed by atoms with Gasteiger partial charge in [0.15, 0.2) is 0 Å². The molecular formula is C18H25ClN2O5. The van der Waals surface area contributed by atoms with Crippen LogP contribution in [0.1, 0.15) is 46.2 Å². The lowest BCUT2D eigenvalue weighted by molar-refractivity contribution is -0.147. The predicted molar refractivity (Wildman–Crippen MR) is 97.7 cm³/mol. The number of carbonyl (C=O) groups excluding carboxylic acids is 2. The van der Waals surface area contributed by atoms with Crippen LogP contribution in [0.2, 0.25) is 5.02 Å². The molecule has 1 rings (SSSR count). The topological polar surface area (TPSA) is 110 Å². The highest BCUT2D eigenvalue weighted by atomic mass is 35.5. The van der Waals surface area contributed by atoms with Gasteiger partial charge in [0.05, 0.1) is 0 Å². The van der Waals surface area contributed by atoms with Gasteiger partial charge in [0.25, 0.3) is 0 Å². The maximum Gasteiger partial charge on any atom is 0.412 e. The normalized spacial score (nSPS) is 13.8. The van der Waals surface area contributed by atoms with E-state index in [1.165, 1.54) is 12.1 Å². The summed E-state index contributed by atoms with van der Waals surface area (Å²) in [6.07, 6.45) is -0.956. The number of ether oxygens (including phenoxy) is 1. The van der Waals surface area contributed by atoms with Gasteiger partial charge in [-0.25, -0.2) is 9.59 Å². The molecule has 0 bridgehead atoms. The molecule has 0 radical (unpaired) electrons. The number of nitrogens with two attached hydrogens (primary N) is 1. The highest BCUT2D eigenvalue weighted by molar-refractivity contribution is 6.31. The smallest absolute Gasteiger partial charge is 0.412 e. The second-order valence-corrected chi connectivity index (χ2v) is 7.65. The van der Waals surface area contributed by atoms with E-state index in [1.807, 2.05) is 0 Å². The van der Waals surface area contributed by atoms with E-state index in [0.29, 0.717) is 0 Å². The number of benzene rings is 1. The number of amides is 2. The maximum absolute atomic E-state index is 12.8. The Morgan fingerprint density at radius 2 is 1.73 bits per heavy atom. The summed E-state index contributed by atoms with van der Waals surface area (Å²) < 4.78 is 5.35. The monoisotopic (exact) mass is 384 g/mol. The van der Waals surface area contributed by atoms with Crippen LogP contribution in [0.5, 0.6) is 0 Å². The molecule has 2 atom stereocenters. The molecular weight excluding hydrogens is 360 g/mol. The van der Waals surface area contributed by atoms with Crippen LogP contribution in [0, 0.1) is 5.92 Å². The third-order valence-corrected chi connectivity index (χ3v) is 3.88. The Balaban J connectivity index is 3.58. The third-order valence-electron chi connectivity index (χ3n) is 3.54. The summed E-state index contributed by atoms with van der Waals surface area (Å²) in [6, 6.07) is 3.61. The van der Waals surface area contributed by atoms with Gasteiger partial charge in [-0.2, -0.15) is 0 Å². The predicted octanol–water partition coefficient (Wildman–Crippen LogP) is 3.21. The summed E-state index contributed by atoms with van der Waals surface area (Å²) in [4.78, 5) is 37.8. The summed E-state index contributed by atoms with van der Waals surface area (Å²) in [5, 5.41) is 9.87. The van der Waals surface area contributed by atoms with Crippen molar-refractivity contribution < 1.29 is 24.2 Å². The minimum absolute atomic E-state index is 0.192. The Bertz CT molecular complexity index is 684. The lowest BCUT2D eigenvalue weighted by Crippen LogP contribution is -2.54. The first kappa shape index (κ1) is 21.8. The summed E-state index contributed by atoms with van der Waals surface area (Å²) in [5.74, 6) is -2.69. The van der Waals surface area contributed by atoms with E-state index < -0.39 is 41.6 Å². The van der Waals surface area contributed by atoms with Gasteiger partial charge in [0, 0.05) is 10.6 Å². The first-order valence-corrected chi connectivity index (χ1v) is 8.52. The van der Waals surface area contributed by atoms with E-state index in [2.05, 4.69) is 0 Å². The van der Waals surface area contributed by atoms with Crippen LogP contribution < -0.4 is 5.73 Å². The zero-order valence-corrected chi connectivity index (χ0v) is 16.3. The van der Waals surface area contributed by atoms with Crippen LogP contribution in [0.15, 0.2) is 24.3 Å². The van der Waals surface area contributed by atoms with Gasteiger partial charge in [-0.3, -0.25) is 9.69 Å². The van der Waals surface area contributed by atoms with Gasteiger partial charge in [-0.05, 0) is 32.8 Å². The molecule has 1 aromatic rings. The first-order valence-electron chi connectivity index (χ1n) is 8.14. The molecule has 1 aromatic carbocycles. The first-order chi connectivity index (χ1) is 11.9. The molecule has 0 spiro atoms. The molecule has 0 aromatic heterocycles. The summed E-state index contributed by atoms with van der Waals surface area (Å²) in [7, 11) is 0. The molecule has 7 nitrogen and oxygen atoms in total. The van der Waals surface area contributed by atoms with E-state index >= 15 is 0 Å². The number of hydrogen-bond donors (Lipinski definition) is 2. The molecule has 0 aliphatic carbocycles. The van der Waals surface area contributed by atoms with Gasteiger partial charge < -0.3 is 15.6 Å². The quantitative estimate of drug-likeness (QED) is 0.782. The van der Waals surface area contributed by atoms with Gasteiger partial charge in [0.2, 0.25) is 5.91 Å². The van der Waals surface area contributed by atoms with Crippen LogP contribution in [-0.2, 0) is 14.3 Å². The fourth-order valence-corrected chi connectivity index (χ4v) is 2.80. The average Bonchev–Trinajstić information content (AvgIpc) is 2.45. The second kappa shape index (κ2) is 8.40. The fraction of sp³-hybridized carbons (Fsp3) is 0.500. The van der Waals surface area contributed by atoms with Crippen molar-refractivity contribution in [3.63, 3.8) is 0 Å². The van der Waals surface area contributed by atoms with Crippen LogP contribution in [0.4, 0.5) is 4.79 Å². The minimum atomic E-state index is -1.39. The molecule has 144 valence electrons. The molecule has 0 saturated carbocycles. The Morgan fingerprint density at radius 1 is 1.19 bits per heavy atom. The van der Waals surface area contributed by atoms with Crippen LogP contribution in [0.25, 0.3) is 0 Å². The van der Waals surface area contributed by atoms with E-state index in [1.54, 1.807) is 46.8 Å². The van der Waals surface area contributed by atoms with Gasteiger partial charge >= 0.3 is 12.1 Å². The van der Waals surface area contributed by atoms with Crippen molar-refractivity contribution >= 4 is 29.6 Å². The van der Waals surface area contributed by atoms with Gasteiger partial charge in [0.1, 0.15) is 17.7 Å². The molecule has 0 saturated heterocycles. The van der Waals surface area contributed by atoms with E-state index in [-0.39, 0.29) is 10.6 Å². The number of carboxylic acids is 1. The number of halogens is 1. The van der Waals surface area contributed by atoms with Crippen molar-refractivity contribution in [3.8, 4) is 0 Å². The third kappa shape index (κ3) is 5.36. The molecule has 0 fully saturated rings. The average molecular weight is 385 g/mol. The molecule has 1 unspecified atom stereocenters. The van der Waals surface area contributed by atoms with Gasteiger partial charge in [-0.1, -0.05) is 43.6 Å². The summed E-state index contributed by atoms with van der Waals surface area (Å²) >= 11 is 6.17. The molecule has 3 N–H and O–H groups in total. The largest absolute Gasteiger partial charge is 0.480 e. The van der Waals surface area contributed by atoms with Crippen molar-refractivity contribution in [1.82, 2.24) is 4.90 Å². The molecule has 26 heavy (non-hydrogen) atoms. The maximum atomic E-state index is 12.8. The summed E-state index contributed by atoms with van der Waals surface area (Å²) in [6.45, 7) is 8.18. The highest BCUT2D eigenvalue weighted by Crippen LogP contribution is 2.32. The van der Waals surface area contributed by atoms with E-state index in [9.17, 15) is 19.5 Å². The molecule has 0 aliphatic rings. The highest BCUT2D eigenvalue weighted by Gasteiger charge is 2.43. The Morgan fingerprint density at radius 3 is 2.12 bits per heavy atom. The number of rotatable bonds is 6. The van der Waals surface area contributed by atoms with Crippen molar-refractivity contribution in [3.05, 3.63) is 34.9 Å². The van der Waals surface area contributed by atoms with Gasteiger partial charge in [-0.15, -0.1) is 0 Å². The van der Waals surface area contributed by atoms with Crippen molar-refractivity contribution in [2.24, 2.45) is 11.7 Å². The zero-order valence-electron chi connectivity index (χ0n) is 15.5. The van der Waals surface area contributed by atoms with Crippen LogP contribution in [-0.4, -0.2) is 39.6 Å². The SMILES string of the molecule is CC(C)[C@@H](C(=O)O)N(C(=O)OC(C)(C)C)C(C(N)=O)c1ccccc1Cl.